The van der Waals surface area contributed by atoms with Crippen molar-refractivity contribution in [1.82, 2.24) is 19.5 Å². The van der Waals surface area contributed by atoms with Gasteiger partial charge in [0.2, 0.25) is 0 Å². The quantitative estimate of drug-likeness (QED) is 0.334. The minimum absolute atomic E-state index is 0.841. The first kappa shape index (κ1) is 22.6. The SMILES string of the molecule is C=C(Cc1cccc(C)c1)N(C)CCCNc1cc(-c2ccccc2C)nc2c(C)cnn12. The minimum atomic E-state index is 0.841. The van der Waals surface area contributed by atoms with E-state index in [0.29, 0.717) is 0 Å². The highest BCUT2D eigenvalue weighted by molar-refractivity contribution is 5.70. The molecule has 0 aliphatic carbocycles. The molecule has 0 aliphatic heterocycles. The summed E-state index contributed by atoms with van der Waals surface area (Å²) in [5.41, 5.74) is 9.02. The summed E-state index contributed by atoms with van der Waals surface area (Å²) in [6, 6.07) is 19.1. The van der Waals surface area contributed by atoms with E-state index in [2.05, 4.69) is 104 Å². The summed E-state index contributed by atoms with van der Waals surface area (Å²) in [5, 5.41) is 8.12. The van der Waals surface area contributed by atoms with Gasteiger partial charge in [0.05, 0.1) is 11.9 Å². The first-order valence-electron chi connectivity index (χ1n) is 11.5. The van der Waals surface area contributed by atoms with Gasteiger partial charge in [-0.05, 0) is 38.3 Å². The van der Waals surface area contributed by atoms with Gasteiger partial charge in [0.25, 0.3) is 0 Å². The van der Waals surface area contributed by atoms with Crippen molar-refractivity contribution in [2.24, 2.45) is 0 Å². The molecule has 0 radical (unpaired) electrons. The average Bonchev–Trinajstić information content (AvgIpc) is 3.17. The molecule has 0 aliphatic rings. The molecule has 2 heterocycles. The third-order valence-corrected chi connectivity index (χ3v) is 6.08. The van der Waals surface area contributed by atoms with Crippen LogP contribution in [0.2, 0.25) is 0 Å². The molecule has 0 fully saturated rings. The fraction of sp³-hybridized carbons (Fsp3) is 0.286. The predicted octanol–water partition coefficient (Wildman–Crippen LogP) is 5.81. The van der Waals surface area contributed by atoms with Crippen LogP contribution in [0, 0.1) is 20.8 Å². The molecule has 0 saturated carbocycles. The smallest absolute Gasteiger partial charge is 0.160 e. The van der Waals surface area contributed by atoms with Crippen LogP contribution in [0.3, 0.4) is 0 Å². The summed E-state index contributed by atoms with van der Waals surface area (Å²) in [4.78, 5) is 7.15. The van der Waals surface area contributed by atoms with Crippen LogP contribution in [-0.2, 0) is 6.42 Å². The molecule has 0 unspecified atom stereocenters. The number of rotatable bonds is 9. The van der Waals surface area contributed by atoms with Gasteiger partial charge in [0.15, 0.2) is 5.65 Å². The summed E-state index contributed by atoms with van der Waals surface area (Å²) in [6.45, 7) is 12.4. The minimum Gasteiger partial charge on any atom is -0.378 e. The van der Waals surface area contributed by atoms with E-state index in [-0.39, 0.29) is 0 Å². The first-order valence-corrected chi connectivity index (χ1v) is 11.5. The van der Waals surface area contributed by atoms with Crippen LogP contribution in [-0.4, -0.2) is 39.6 Å². The Balaban J connectivity index is 1.41. The van der Waals surface area contributed by atoms with Gasteiger partial charge in [-0.1, -0.05) is 60.7 Å². The van der Waals surface area contributed by atoms with Gasteiger partial charge in [-0.15, -0.1) is 0 Å². The lowest BCUT2D eigenvalue weighted by Gasteiger charge is -2.22. The Labute approximate surface area is 196 Å². The van der Waals surface area contributed by atoms with Crippen molar-refractivity contribution in [2.45, 2.75) is 33.6 Å². The lowest BCUT2D eigenvalue weighted by Crippen LogP contribution is -2.22. The maximum absolute atomic E-state index is 4.89. The van der Waals surface area contributed by atoms with Crippen LogP contribution >= 0.6 is 0 Å². The number of allylic oxidation sites excluding steroid dienone is 1. The largest absolute Gasteiger partial charge is 0.378 e. The molecule has 2 aromatic carbocycles. The number of hydrogen-bond donors (Lipinski definition) is 1. The van der Waals surface area contributed by atoms with Gasteiger partial charge < -0.3 is 10.2 Å². The van der Waals surface area contributed by atoms with Crippen LogP contribution in [0.1, 0.15) is 28.7 Å². The number of hydrogen-bond acceptors (Lipinski definition) is 4. The van der Waals surface area contributed by atoms with E-state index in [9.17, 15) is 0 Å². The molecule has 0 bridgehead atoms. The van der Waals surface area contributed by atoms with Crippen LogP contribution in [0.4, 0.5) is 5.82 Å². The number of fused-ring (bicyclic) bond motifs is 1. The summed E-state index contributed by atoms with van der Waals surface area (Å²) in [6.07, 6.45) is 3.74. The summed E-state index contributed by atoms with van der Waals surface area (Å²) < 4.78 is 1.90. The van der Waals surface area contributed by atoms with Crippen LogP contribution in [0.15, 0.2) is 73.1 Å². The van der Waals surface area contributed by atoms with E-state index in [1.54, 1.807) is 0 Å². The normalized spacial score (nSPS) is 11.0. The third kappa shape index (κ3) is 5.25. The molecular weight excluding hydrogens is 406 g/mol. The number of likely N-dealkylation sites (N-methyl/N-ethyl adjacent to an activating group) is 1. The van der Waals surface area contributed by atoms with E-state index in [0.717, 1.165) is 59.9 Å². The van der Waals surface area contributed by atoms with Gasteiger partial charge in [-0.2, -0.15) is 9.61 Å². The highest BCUT2D eigenvalue weighted by Gasteiger charge is 2.12. The Morgan fingerprint density at radius 1 is 1.03 bits per heavy atom. The molecule has 4 aromatic rings. The van der Waals surface area contributed by atoms with Crippen molar-refractivity contribution in [1.29, 1.82) is 0 Å². The lowest BCUT2D eigenvalue weighted by atomic mass is 10.1. The number of benzene rings is 2. The molecule has 4 rings (SSSR count). The number of aromatic nitrogens is 3. The van der Waals surface area contributed by atoms with E-state index < -0.39 is 0 Å². The zero-order valence-electron chi connectivity index (χ0n) is 20.1. The van der Waals surface area contributed by atoms with Crippen LogP contribution in [0.25, 0.3) is 16.9 Å². The molecule has 33 heavy (non-hydrogen) atoms. The molecule has 0 saturated heterocycles. The lowest BCUT2D eigenvalue weighted by molar-refractivity contribution is 0.406. The summed E-state index contributed by atoms with van der Waals surface area (Å²) in [7, 11) is 2.12. The average molecular weight is 440 g/mol. The monoisotopic (exact) mass is 439 g/mol. The first-order chi connectivity index (χ1) is 15.9. The Hall–Kier alpha value is -3.60. The van der Waals surface area contributed by atoms with E-state index in [1.165, 1.54) is 16.7 Å². The Kier molecular flexibility index (Phi) is 6.78. The molecule has 1 N–H and O–H groups in total. The zero-order valence-corrected chi connectivity index (χ0v) is 20.1. The number of nitrogens with zero attached hydrogens (tertiary/aromatic N) is 4. The molecule has 0 spiro atoms. The van der Waals surface area contributed by atoms with Crippen molar-refractivity contribution in [3.63, 3.8) is 0 Å². The second-order valence-corrected chi connectivity index (χ2v) is 8.84. The van der Waals surface area contributed by atoms with Crippen LogP contribution < -0.4 is 5.32 Å². The van der Waals surface area contributed by atoms with Gasteiger partial charge >= 0.3 is 0 Å². The summed E-state index contributed by atoms with van der Waals surface area (Å²) >= 11 is 0. The molecule has 5 heteroatoms. The second-order valence-electron chi connectivity index (χ2n) is 8.84. The predicted molar refractivity (Wildman–Crippen MR) is 138 cm³/mol. The Morgan fingerprint density at radius 3 is 2.64 bits per heavy atom. The second kappa shape index (κ2) is 9.90. The molecular formula is C28H33N5. The van der Waals surface area contributed by atoms with Crippen molar-refractivity contribution >= 4 is 11.5 Å². The van der Waals surface area contributed by atoms with E-state index in [1.807, 2.05) is 10.7 Å². The summed E-state index contributed by atoms with van der Waals surface area (Å²) in [5.74, 6) is 0.965. The molecule has 0 atom stereocenters. The van der Waals surface area contributed by atoms with Gasteiger partial charge in [0.1, 0.15) is 5.82 Å². The van der Waals surface area contributed by atoms with E-state index in [4.69, 9.17) is 4.98 Å². The molecule has 170 valence electrons. The number of aryl methyl sites for hydroxylation is 3. The van der Waals surface area contributed by atoms with Crippen molar-refractivity contribution < 1.29 is 0 Å². The van der Waals surface area contributed by atoms with Crippen molar-refractivity contribution in [3.8, 4) is 11.3 Å². The molecule has 0 amide bonds. The fourth-order valence-corrected chi connectivity index (χ4v) is 4.08. The Bertz CT molecular complexity index is 1270. The van der Waals surface area contributed by atoms with Crippen molar-refractivity contribution in [2.75, 3.05) is 25.5 Å². The van der Waals surface area contributed by atoms with Gasteiger partial charge in [-0.3, -0.25) is 0 Å². The van der Waals surface area contributed by atoms with Gasteiger partial charge in [-0.25, -0.2) is 4.98 Å². The Morgan fingerprint density at radius 2 is 1.85 bits per heavy atom. The standard InChI is InChI=1S/C28H33N5/c1-20-10-8-12-24(16-20)17-23(4)32(5)15-9-14-29-27-18-26(25-13-7-6-11-21(25)2)31-28-22(3)19-30-33(27)28/h6-8,10-13,16,18-19,29H,4,9,14-15,17H2,1-3,5H3. The zero-order chi connectivity index (χ0) is 23.4. The fourth-order valence-electron chi connectivity index (χ4n) is 4.08. The van der Waals surface area contributed by atoms with Crippen molar-refractivity contribution in [3.05, 3.63) is 95.3 Å². The van der Waals surface area contributed by atoms with E-state index >= 15 is 0 Å². The highest BCUT2D eigenvalue weighted by atomic mass is 15.3. The third-order valence-electron chi connectivity index (χ3n) is 6.08. The maximum atomic E-state index is 4.89. The number of anilines is 1. The van der Waals surface area contributed by atoms with Gasteiger partial charge in [0, 0.05) is 49.4 Å². The van der Waals surface area contributed by atoms with Crippen LogP contribution in [0.5, 0.6) is 0 Å². The molecule has 2 aromatic heterocycles. The number of nitrogens with one attached hydrogen (secondary N) is 1. The maximum Gasteiger partial charge on any atom is 0.160 e. The highest BCUT2D eigenvalue weighted by Crippen LogP contribution is 2.26. The topological polar surface area (TPSA) is 45.5 Å². The molecule has 5 nitrogen and oxygen atoms in total.